The van der Waals surface area contributed by atoms with Crippen molar-refractivity contribution in [1.29, 1.82) is 0 Å². The molecular formula is C28H32ClN5O3. The maximum atomic E-state index is 10.4. The van der Waals surface area contributed by atoms with Crippen LogP contribution in [0, 0.1) is 0 Å². The fourth-order valence-electron chi connectivity index (χ4n) is 5.52. The molecule has 2 N–H and O–H groups in total. The van der Waals surface area contributed by atoms with Crippen LogP contribution in [0.15, 0.2) is 42.7 Å². The smallest absolute Gasteiger partial charge is 0.226 e. The van der Waals surface area contributed by atoms with Crippen LogP contribution < -0.4 is 20.2 Å². The highest BCUT2D eigenvalue weighted by atomic mass is 35.5. The average Bonchev–Trinajstić information content (AvgIpc) is 3.30. The van der Waals surface area contributed by atoms with Gasteiger partial charge in [0.2, 0.25) is 5.95 Å². The Balaban J connectivity index is 1.24. The molecule has 1 saturated heterocycles. The van der Waals surface area contributed by atoms with Crippen LogP contribution in [0.1, 0.15) is 29.3 Å². The number of hydrogen-bond acceptors (Lipinski definition) is 7. The van der Waals surface area contributed by atoms with Crippen molar-refractivity contribution in [3.05, 3.63) is 70.1 Å². The fourth-order valence-corrected chi connectivity index (χ4v) is 5.74. The molecule has 2 aliphatic heterocycles. The topological polar surface area (TPSA) is 86.7 Å². The molecule has 0 bridgehead atoms. The first-order valence-electron chi connectivity index (χ1n) is 13.0. The van der Waals surface area contributed by atoms with E-state index in [1.165, 1.54) is 10.8 Å². The molecule has 9 heteroatoms. The first kappa shape index (κ1) is 24.4. The number of benzene rings is 1. The summed E-state index contributed by atoms with van der Waals surface area (Å²) in [6, 6.07) is 9.92. The van der Waals surface area contributed by atoms with Crippen LogP contribution in [0.5, 0.6) is 5.75 Å². The second-order valence-corrected chi connectivity index (χ2v) is 10.4. The third kappa shape index (κ3) is 5.25. The average molecular weight is 522 g/mol. The number of aromatic amines is 1. The summed E-state index contributed by atoms with van der Waals surface area (Å²) < 4.78 is 11.3. The summed E-state index contributed by atoms with van der Waals surface area (Å²) in [5.41, 5.74) is 3.60. The van der Waals surface area contributed by atoms with Gasteiger partial charge in [-0.05, 0) is 42.2 Å². The summed E-state index contributed by atoms with van der Waals surface area (Å²) >= 11 is 6.47. The van der Waals surface area contributed by atoms with Crippen LogP contribution in [0.2, 0.25) is 0 Å². The molecule has 1 aromatic carbocycles. The lowest BCUT2D eigenvalue weighted by Gasteiger charge is -2.36. The van der Waals surface area contributed by atoms with Crippen molar-refractivity contribution in [1.82, 2.24) is 19.9 Å². The number of aliphatic hydroxyl groups excluding tert-OH is 1. The number of nitrogens with zero attached hydrogens (tertiary/aromatic N) is 4. The number of nitrogens with one attached hydrogen (secondary N) is 1. The Morgan fingerprint density at radius 1 is 1.14 bits per heavy atom. The van der Waals surface area contributed by atoms with Crippen molar-refractivity contribution >= 4 is 29.7 Å². The van der Waals surface area contributed by atoms with Crippen molar-refractivity contribution in [3.63, 3.8) is 0 Å². The summed E-state index contributed by atoms with van der Waals surface area (Å²) in [6.07, 6.45) is 9.12. The Hall–Kier alpha value is -2.91. The van der Waals surface area contributed by atoms with E-state index in [1.54, 1.807) is 12.4 Å². The van der Waals surface area contributed by atoms with Crippen molar-refractivity contribution in [3.8, 4) is 5.75 Å². The number of hydrogen-bond donors (Lipinski definition) is 2. The summed E-state index contributed by atoms with van der Waals surface area (Å²) in [7, 11) is 0. The van der Waals surface area contributed by atoms with Crippen molar-refractivity contribution in [2.75, 3.05) is 50.9 Å². The van der Waals surface area contributed by atoms with Gasteiger partial charge in [0.1, 0.15) is 18.5 Å². The number of β-amino-alcohol motifs (C(OH)–C–C–N with tert-alkyl or cyclic N) is 1. The Kier molecular flexibility index (Phi) is 7.15. The van der Waals surface area contributed by atoms with E-state index in [4.69, 9.17) is 21.1 Å². The Morgan fingerprint density at radius 3 is 2.70 bits per heavy atom. The first-order valence-corrected chi connectivity index (χ1v) is 13.4. The number of aromatic nitrogens is 3. The molecule has 1 fully saturated rings. The van der Waals surface area contributed by atoms with Gasteiger partial charge >= 0.3 is 0 Å². The van der Waals surface area contributed by atoms with Crippen molar-refractivity contribution < 1.29 is 14.6 Å². The number of rotatable bonds is 7. The van der Waals surface area contributed by atoms with Gasteiger partial charge in [0.15, 0.2) is 0 Å². The molecule has 3 aliphatic rings. The Labute approximate surface area is 221 Å². The van der Waals surface area contributed by atoms with E-state index in [9.17, 15) is 5.11 Å². The molecular weight excluding hydrogens is 490 g/mol. The lowest BCUT2D eigenvalue weighted by atomic mass is 9.92. The molecule has 4 heterocycles. The maximum Gasteiger partial charge on any atom is 0.226 e. The Bertz CT molecular complexity index is 1320. The minimum atomic E-state index is -0.548. The normalized spacial score (nSPS) is 22.4. The van der Waals surface area contributed by atoms with E-state index < -0.39 is 6.10 Å². The number of halogens is 1. The predicted octanol–water partition coefficient (Wildman–Crippen LogP) is 1.60. The van der Waals surface area contributed by atoms with Gasteiger partial charge in [0.05, 0.1) is 24.6 Å². The molecule has 0 radical (unpaired) electrons. The van der Waals surface area contributed by atoms with Gasteiger partial charge < -0.3 is 24.5 Å². The maximum absolute atomic E-state index is 10.4. The minimum absolute atomic E-state index is 0.0244. The highest BCUT2D eigenvalue weighted by Gasteiger charge is 2.33. The molecule has 0 saturated carbocycles. The van der Waals surface area contributed by atoms with Crippen LogP contribution in [-0.4, -0.2) is 82.4 Å². The molecule has 0 amide bonds. The van der Waals surface area contributed by atoms with Gasteiger partial charge in [0.25, 0.3) is 0 Å². The van der Waals surface area contributed by atoms with Gasteiger partial charge in [-0.3, -0.25) is 4.90 Å². The molecule has 1 aliphatic carbocycles. The standard InChI is InChI=1S/C28H32ClN5O3/c29-20-4-7-25-24(16-20)23-8-11-34(28-30-9-1-10-31-28)27(26(23)32-25)19-2-5-22(6-3-19)37-18-21(35)17-33-12-14-36-15-13-33/h1-3,5-7,9-10,16,20-21,27,32,35H,4,8,11-15,17-18H2/t20?,21-,27+/m1/s1. The third-order valence-electron chi connectivity index (χ3n) is 7.31. The number of aliphatic hydroxyl groups is 1. The summed E-state index contributed by atoms with van der Waals surface area (Å²) in [6.45, 7) is 4.78. The van der Waals surface area contributed by atoms with Gasteiger partial charge in [0, 0.05) is 54.8 Å². The molecule has 3 atom stereocenters. The first-order chi connectivity index (χ1) is 18.2. The Morgan fingerprint density at radius 2 is 1.92 bits per heavy atom. The van der Waals surface area contributed by atoms with E-state index in [1.807, 2.05) is 18.2 Å². The van der Waals surface area contributed by atoms with Crippen LogP contribution >= 0.6 is 11.6 Å². The zero-order chi connectivity index (χ0) is 25.2. The number of anilines is 1. The quantitative estimate of drug-likeness (QED) is 0.457. The van der Waals surface area contributed by atoms with Crippen LogP contribution in [0.25, 0.3) is 12.2 Å². The predicted molar refractivity (Wildman–Crippen MR) is 143 cm³/mol. The van der Waals surface area contributed by atoms with E-state index in [2.05, 4.69) is 49.0 Å². The van der Waals surface area contributed by atoms with Gasteiger partial charge in [-0.1, -0.05) is 24.3 Å². The number of alkyl halides is 1. The van der Waals surface area contributed by atoms with Crippen LogP contribution in [0.3, 0.4) is 0 Å². The van der Waals surface area contributed by atoms with Gasteiger partial charge in [-0.2, -0.15) is 0 Å². The minimum Gasteiger partial charge on any atom is -0.491 e. The second-order valence-electron chi connectivity index (χ2n) is 9.81. The number of fused-ring (bicyclic) bond motifs is 3. The van der Waals surface area contributed by atoms with E-state index in [0.717, 1.165) is 68.0 Å². The number of ether oxygens (including phenoxy) is 2. The van der Waals surface area contributed by atoms with E-state index in [0.29, 0.717) is 12.5 Å². The molecule has 194 valence electrons. The largest absolute Gasteiger partial charge is 0.491 e. The highest BCUT2D eigenvalue weighted by molar-refractivity contribution is 6.24. The number of morpholine rings is 1. The van der Waals surface area contributed by atoms with Gasteiger partial charge in [-0.25, -0.2) is 9.97 Å². The molecule has 37 heavy (non-hydrogen) atoms. The fraction of sp³-hybridized carbons (Fsp3) is 0.429. The zero-order valence-electron chi connectivity index (χ0n) is 20.7. The summed E-state index contributed by atoms with van der Waals surface area (Å²) in [5.74, 6) is 1.45. The van der Waals surface area contributed by atoms with Crippen LogP contribution in [-0.2, 0) is 11.2 Å². The van der Waals surface area contributed by atoms with E-state index in [-0.39, 0.29) is 18.0 Å². The lowest BCUT2D eigenvalue weighted by Crippen LogP contribution is -2.42. The monoisotopic (exact) mass is 521 g/mol. The molecule has 1 unspecified atom stereocenters. The highest BCUT2D eigenvalue weighted by Crippen LogP contribution is 2.35. The van der Waals surface area contributed by atoms with E-state index >= 15 is 0 Å². The summed E-state index contributed by atoms with van der Waals surface area (Å²) in [4.78, 5) is 17.3. The summed E-state index contributed by atoms with van der Waals surface area (Å²) in [5, 5.41) is 12.8. The van der Waals surface area contributed by atoms with Gasteiger partial charge in [-0.15, -0.1) is 11.6 Å². The zero-order valence-corrected chi connectivity index (χ0v) is 21.5. The van der Waals surface area contributed by atoms with Crippen molar-refractivity contribution in [2.24, 2.45) is 0 Å². The third-order valence-corrected chi connectivity index (χ3v) is 7.62. The molecule has 6 rings (SSSR count). The molecule has 8 nitrogen and oxygen atoms in total. The molecule has 3 aromatic rings. The second kappa shape index (κ2) is 10.8. The SMILES string of the molecule is O[C@@H](COc1ccc([C@H]2c3[nH]c4c(c3CCN2c2ncccn2)=CC(Cl)CC=4)cc1)CN1CCOCC1. The molecule has 0 spiro atoms. The number of H-pyrrole nitrogens is 1. The lowest BCUT2D eigenvalue weighted by molar-refractivity contribution is 0.00465. The van der Waals surface area contributed by atoms with Crippen molar-refractivity contribution in [2.45, 2.75) is 30.4 Å². The molecule has 2 aromatic heterocycles. The van der Waals surface area contributed by atoms with Crippen LogP contribution in [0.4, 0.5) is 5.95 Å².